The number of rotatable bonds is 3. The SMILES string of the molecule is Nc1ncc(C2C=CC(CO)(CO)C2)c(=O)[nH]1. The molecule has 5 N–H and O–H groups in total. The number of nitrogens with two attached hydrogens (primary N) is 1. The minimum absolute atomic E-state index is 0.0799. The molecule has 0 aliphatic heterocycles. The van der Waals surface area contributed by atoms with E-state index >= 15 is 0 Å². The number of hydrogen-bond acceptors (Lipinski definition) is 5. The number of allylic oxidation sites excluding steroid dienone is 1. The molecular weight excluding hydrogens is 222 g/mol. The molecule has 0 saturated heterocycles. The van der Waals surface area contributed by atoms with Crippen LogP contribution < -0.4 is 11.3 Å². The van der Waals surface area contributed by atoms with E-state index in [1.54, 1.807) is 6.08 Å². The third-order valence-electron chi connectivity index (χ3n) is 3.18. The van der Waals surface area contributed by atoms with Crippen LogP contribution in [-0.4, -0.2) is 33.4 Å². The first kappa shape index (κ1) is 11.8. The highest BCUT2D eigenvalue weighted by Crippen LogP contribution is 2.39. The number of anilines is 1. The molecule has 1 unspecified atom stereocenters. The molecule has 0 saturated carbocycles. The minimum atomic E-state index is -0.640. The van der Waals surface area contributed by atoms with Crippen molar-refractivity contribution in [3.8, 4) is 0 Å². The largest absolute Gasteiger partial charge is 0.395 e. The molecule has 2 rings (SSSR count). The van der Waals surface area contributed by atoms with Gasteiger partial charge in [0.25, 0.3) is 5.56 Å². The number of nitrogens with one attached hydrogen (secondary N) is 1. The standard InChI is InChI=1S/C11H15N3O3/c12-10-13-4-8(9(17)14-10)7-1-2-11(3-7,5-15)6-16/h1-2,4,7,15-16H,3,5-6H2,(H3,12,13,14,17). The number of aliphatic hydroxyl groups excluding tert-OH is 2. The first-order valence-electron chi connectivity index (χ1n) is 5.36. The number of nitrogen functional groups attached to an aromatic ring is 1. The summed E-state index contributed by atoms with van der Waals surface area (Å²) in [5.74, 6) is -0.0672. The summed E-state index contributed by atoms with van der Waals surface area (Å²) in [6.07, 6.45) is 5.50. The maximum Gasteiger partial charge on any atom is 0.256 e. The monoisotopic (exact) mass is 237 g/mol. The van der Waals surface area contributed by atoms with E-state index < -0.39 is 5.41 Å². The maximum absolute atomic E-state index is 11.7. The third kappa shape index (κ3) is 2.09. The minimum Gasteiger partial charge on any atom is -0.395 e. The van der Waals surface area contributed by atoms with E-state index in [9.17, 15) is 15.0 Å². The fourth-order valence-corrected chi connectivity index (χ4v) is 2.08. The number of nitrogens with zero attached hydrogens (tertiary/aromatic N) is 1. The van der Waals surface area contributed by atoms with Gasteiger partial charge in [0.2, 0.25) is 0 Å². The van der Waals surface area contributed by atoms with E-state index in [2.05, 4.69) is 9.97 Å². The predicted molar refractivity (Wildman–Crippen MR) is 62.4 cm³/mol. The predicted octanol–water partition coefficient (Wildman–Crippen LogP) is -0.633. The smallest absolute Gasteiger partial charge is 0.256 e. The van der Waals surface area contributed by atoms with Gasteiger partial charge in [-0.1, -0.05) is 12.2 Å². The van der Waals surface area contributed by atoms with Crippen LogP contribution in [0.15, 0.2) is 23.1 Å². The van der Waals surface area contributed by atoms with Crippen molar-refractivity contribution in [2.45, 2.75) is 12.3 Å². The Balaban J connectivity index is 2.27. The lowest BCUT2D eigenvalue weighted by Crippen LogP contribution is -2.27. The second kappa shape index (κ2) is 4.31. The Morgan fingerprint density at radius 3 is 2.76 bits per heavy atom. The highest BCUT2D eigenvalue weighted by atomic mass is 16.3. The zero-order chi connectivity index (χ0) is 12.5. The molecule has 6 heteroatoms. The summed E-state index contributed by atoms with van der Waals surface area (Å²) in [5, 5.41) is 18.5. The Labute approximate surface area is 97.8 Å². The van der Waals surface area contributed by atoms with E-state index in [1.807, 2.05) is 6.08 Å². The third-order valence-corrected chi connectivity index (χ3v) is 3.18. The number of aromatic nitrogens is 2. The van der Waals surface area contributed by atoms with Gasteiger partial charge in [-0.25, -0.2) is 4.98 Å². The summed E-state index contributed by atoms with van der Waals surface area (Å²) >= 11 is 0. The summed E-state index contributed by atoms with van der Waals surface area (Å²) in [4.78, 5) is 18.0. The van der Waals surface area contributed by atoms with Crippen LogP contribution in [0.25, 0.3) is 0 Å². The summed E-state index contributed by atoms with van der Waals surface area (Å²) < 4.78 is 0. The molecule has 0 amide bonds. The van der Waals surface area contributed by atoms with Crippen LogP contribution in [0.2, 0.25) is 0 Å². The average Bonchev–Trinajstić information content (AvgIpc) is 2.74. The lowest BCUT2D eigenvalue weighted by Gasteiger charge is -2.23. The van der Waals surface area contributed by atoms with Gasteiger partial charge in [0.15, 0.2) is 5.95 Å². The van der Waals surface area contributed by atoms with Crippen molar-refractivity contribution in [1.82, 2.24) is 9.97 Å². The molecule has 6 nitrogen and oxygen atoms in total. The van der Waals surface area contributed by atoms with Crippen LogP contribution in [0, 0.1) is 5.41 Å². The van der Waals surface area contributed by atoms with Gasteiger partial charge < -0.3 is 15.9 Å². The molecular formula is C11H15N3O3. The molecule has 0 spiro atoms. The van der Waals surface area contributed by atoms with Crippen molar-refractivity contribution < 1.29 is 10.2 Å². The fraction of sp³-hybridized carbons (Fsp3) is 0.455. The normalized spacial score (nSPS) is 21.9. The molecule has 1 aliphatic rings. The Morgan fingerprint density at radius 2 is 2.24 bits per heavy atom. The van der Waals surface area contributed by atoms with Crippen LogP contribution in [-0.2, 0) is 0 Å². The first-order valence-corrected chi connectivity index (χ1v) is 5.36. The Bertz CT molecular complexity index is 491. The second-order valence-corrected chi connectivity index (χ2v) is 4.40. The van der Waals surface area contributed by atoms with Gasteiger partial charge in [-0.2, -0.15) is 0 Å². The van der Waals surface area contributed by atoms with E-state index in [4.69, 9.17) is 5.73 Å². The highest BCUT2D eigenvalue weighted by molar-refractivity contribution is 5.28. The van der Waals surface area contributed by atoms with Crippen molar-refractivity contribution in [3.63, 3.8) is 0 Å². The zero-order valence-corrected chi connectivity index (χ0v) is 9.26. The van der Waals surface area contributed by atoms with E-state index in [-0.39, 0.29) is 30.6 Å². The molecule has 1 aromatic rings. The van der Waals surface area contributed by atoms with Crippen LogP contribution in [0.1, 0.15) is 17.9 Å². The van der Waals surface area contributed by atoms with Crippen molar-refractivity contribution in [3.05, 3.63) is 34.3 Å². The highest BCUT2D eigenvalue weighted by Gasteiger charge is 2.35. The van der Waals surface area contributed by atoms with Gasteiger partial charge in [0.1, 0.15) is 0 Å². The van der Waals surface area contributed by atoms with Crippen molar-refractivity contribution in [1.29, 1.82) is 0 Å². The molecule has 0 radical (unpaired) electrons. The number of hydrogen-bond donors (Lipinski definition) is 4. The summed E-state index contributed by atoms with van der Waals surface area (Å²) in [6, 6.07) is 0. The zero-order valence-electron chi connectivity index (χ0n) is 9.26. The molecule has 1 aliphatic carbocycles. The number of H-pyrrole nitrogens is 1. The van der Waals surface area contributed by atoms with Gasteiger partial charge in [0, 0.05) is 23.1 Å². The van der Waals surface area contributed by atoms with E-state index in [0.29, 0.717) is 12.0 Å². The van der Waals surface area contributed by atoms with Crippen LogP contribution in [0.4, 0.5) is 5.95 Å². The number of aromatic amines is 1. The average molecular weight is 237 g/mol. The molecule has 0 bridgehead atoms. The molecule has 0 aromatic carbocycles. The van der Waals surface area contributed by atoms with Crippen molar-refractivity contribution in [2.75, 3.05) is 18.9 Å². The topological polar surface area (TPSA) is 112 Å². The van der Waals surface area contributed by atoms with Crippen LogP contribution in [0.5, 0.6) is 0 Å². The maximum atomic E-state index is 11.7. The second-order valence-electron chi connectivity index (χ2n) is 4.40. The van der Waals surface area contributed by atoms with Gasteiger partial charge >= 0.3 is 0 Å². The Morgan fingerprint density at radius 1 is 1.53 bits per heavy atom. The summed E-state index contributed by atoms with van der Waals surface area (Å²) in [5.41, 5.74) is 4.95. The first-order chi connectivity index (χ1) is 8.10. The molecule has 1 atom stereocenters. The van der Waals surface area contributed by atoms with Gasteiger partial charge in [-0.15, -0.1) is 0 Å². The fourth-order valence-electron chi connectivity index (χ4n) is 2.08. The molecule has 17 heavy (non-hydrogen) atoms. The van der Waals surface area contributed by atoms with E-state index in [1.165, 1.54) is 6.20 Å². The van der Waals surface area contributed by atoms with Crippen LogP contribution >= 0.6 is 0 Å². The molecule has 92 valence electrons. The van der Waals surface area contributed by atoms with E-state index in [0.717, 1.165) is 0 Å². The summed E-state index contributed by atoms with van der Waals surface area (Å²) in [6.45, 7) is -0.284. The number of aliphatic hydroxyl groups is 2. The lowest BCUT2D eigenvalue weighted by atomic mass is 9.85. The quantitative estimate of drug-likeness (QED) is 0.523. The molecule has 1 aromatic heterocycles. The lowest BCUT2D eigenvalue weighted by molar-refractivity contribution is 0.0907. The van der Waals surface area contributed by atoms with Gasteiger partial charge in [-0.3, -0.25) is 9.78 Å². The molecule has 1 heterocycles. The van der Waals surface area contributed by atoms with Gasteiger partial charge in [0.05, 0.1) is 13.2 Å². The van der Waals surface area contributed by atoms with Crippen LogP contribution in [0.3, 0.4) is 0 Å². The van der Waals surface area contributed by atoms with Gasteiger partial charge in [-0.05, 0) is 6.42 Å². The Kier molecular flexibility index (Phi) is 2.99. The Hall–Kier alpha value is -1.66. The van der Waals surface area contributed by atoms with Crippen molar-refractivity contribution in [2.24, 2.45) is 5.41 Å². The summed E-state index contributed by atoms with van der Waals surface area (Å²) in [7, 11) is 0. The van der Waals surface area contributed by atoms with Crippen molar-refractivity contribution >= 4 is 5.95 Å². The molecule has 0 fully saturated rings.